The first kappa shape index (κ1) is 92.7. The van der Waals surface area contributed by atoms with Crippen LogP contribution in [0, 0.1) is 0 Å². The molecule has 19 nitrogen and oxygen atoms in total. The van der Waals surface area contributed by atoms with Crippen LogP contribution in [-0.2, 0) is 33.2 Å². The molecule has 0 saturated carbocycles. The van der Waals surface area contributed by atoms with E-state index in [0.717, 1.165) is 44.9 Å². The quantitative estimate of drug-likeness (QED) is 0.0199. The molecule has 3 fully saturated rings. The molecule has 0 aromatic heterocycles. The Morgan fingerprint density at radius 3 is 0.940 bits per heavy atom. The number of unbranched alkanes of at least 4 members (excludes halogenated alkanes) is 52. The topological polar surface area (TPSA) is 307 Å². The molecule has 19 heteroatoms. The van der Waals surface area contributed by atoms with Crippen LogP contribution in [0.2, 0.25) is 0 Å². The van der Waals surface area contributed by atoms with Crippen molar-refractivity contribution in [3.8, 4) is 0 Å². The zero-order valence-electron chi connectivity index (χ0n) is 63.5. The van der Waals surface area contributed by atoms with Gasteiger partial charge in [0.15, 0.2) is 18.9 Å². The molecule has 3 rings (SSSR count). The van der Waals surface area contributed by atoms with Gasteiger partial charge < -0.3 is 89.9 Å². The third-order valence-corrected chi connectivity index (χ3v) is 21.3. The van der Waals surface area contributed by atoms with Crippen LogP contribution in [-0.4, -0.2) is 193 Å². The van der Waals surface area contributed by atoms with E-state index in [4.69, 9.17) is 28.4 Å². The van der Waals surface area contributed by atoms with Crippen LogP contribution in [0.5, 0.6) is 0 Å². The van der Waals surface area contributed by atoms with Crippen molar-refractivity contribution in [2.24, 2.45) is 0 Å². The van der Waals surface area contributed by atoms with Gasteiger partial charge in [-0.1, -0.05) is 353 Å². The number of rotatable bonds is 68. The monoisotopic (exact) mass is 1430 g/mol. The van der Waals surface area contributed by atoms with Gasteiger partial charge in [-0.15, -0.1) is 0 Å². The molecule has 0 radical (unpaired) electrons. The lowest BCUT2D eigenvalue weighted by Crippen LogP contribution is -2.66. The minimum Gasteiger partial charge on any atom is -0.394 e. The molecule has 592 valence electrons. The first-order valence-corrected chi connectivity index (χ1v) is 41.9. The highest BCUT2D eigenvalue weighted by Gasteiger charge is 2.54. The highest BCUT2D eigenvalue weighted by molar-refractivity contribution is 5.76. The molecule has 17 unspecified atom stereocenters. The Morgan fingerprint density at radius 1 is 0.350 bits per heavy atom. The summed E-state index contributed by atoms with van der Waals surface area (Å²) in [5.41, 5.74) is 0. The summed E-state index contributed by atoms with van der Waals surface area (Å²) in [7, 11) is 0. The predicted molar refractivity (Wildman–Crippen MR) is 397 cm³/mol. The molecule has 1 amide bonds. The van der Waals surface area contributed by atoms with Gasteiger partial charge in [-0.25, -0.2) is 0 Å². The molecular formula is C81H155NO18. The second-order valence-electron chi connectivity index (χ2n) is 30.3. The zero-order valence-corrected chi connectivity index (χ0v) is 63.5. The molecule has 0 spiro atoms. The molecule has 0 bridgehead atoms. The fraction of sp³-hybridized carbons (Fsp3) is 0.963. The van der Waals surface area contributed by atoms with E-state index in [1.165, 1.54) is 295 Å². The van der Waals surface area contributed by atoms with E-state index in [1.54, 1.807) is 6.08 Å². The second kappa shape index (κ2) is 62.6. The molecule has 3 heterocycles. The van der Waals surface area contributed by atoms with Crippen molar-refractivity contribution in [3.05, 3.63) is 12.2 Å². The number of allylic oxidation sites excluding steroid dienone is 1. The molecule has 3 saturated heterocycles. The van der Waals surface area contributed by atoms with E-state index >= 15 is 0 Å². The van der Waals surface area contributed by atoms with Gasteiger partial charge in [-0.3, -0.25) is 4.79 Å². The lowest BCUT2D eigenvalue weighted by Gasteiger charge is -2.48. The summed E-state index contributed by atoms with van der Waals surface area (Å²) in [5.74, 6) is -0.266. The molecule has 3 aliphatic heterocycles. The largest absolute Gasteiger partial charge is 0.394 e. The second-order valence-corrected chi connectivity index (χ2v) is 30.3. The Hall–Kier alpha value is -1.47. The molecule has 0 aromatic rings. The van der Waals surface area contributed by atoms with Gasteiger partial charge in [-0.2, -0.15) is 0 Å². The van der Waals surface area contributed by atoms with Gasteiger partial charge in [0, 0.05) is 6.42 Å². The third-order valence-electron chi connectivity index (χ3n) is 21.3. The first-order valence-electron chi connectivity index (χ1n) is 41.9. The van der Waals surface area contributed by atoms with Crippen molar-refractivity contribution in [2.75, 3.05) is 26.4 Å². The minimum atomic E-state index is -1.98. The van der Waals surface area contributed by atoms with Crippen LogP contribution in [0.25, 0.3) is 0 Å². The number of carbonyl (C=O) groups is 1. The first-order chi connectivity index (χ1) is 48.8. The van der Waals surface area contributed by atoms with Crippen LogP contribution in [0.1, 0.15) is 367 Å². The van der Waals surface area contributed by atoms with E-state index in [2.05, 4.69) is 19.2 Å². The fourth-order valence-corrected chi connectivity index (χ4v) is 14.6. The Bertz CT molecular complexity index is 1850. The normalized spacial score (nSPS) is 26.4. The zero-order chi connectivity index (χ0) is 72.5. The Labute approximate surface area is 607 Å². The van der Waals surface area contributed by atoms with Crippen LogP contribution in [0.3, 0.4) is 0 Å². The summed E-state index contributed by atoms with van der Waals surface area (Å²) in [5, 5.41) is 121. The van der Waals surface area contributed by atoms with Crippen LogP contribution < -0.4 is 5.32 Å². The molecular weight excluding hydrogens is 1270 g/mol. The summed E-state index contributed by atoms with van der Waals surface area (Å²) in [6.45, 7) is 1.81. The molecule has 17 atom stereocenters. The highest BCUT2D eigenvalue weighted by Crippen LogP contribution is 2.33. The van der Waals surface area contributed by atoms with Crippen molar-refractivity contribution in [1.29, 1.82) is 0 Å². The number of ether oxygens (including phenoxy) is 6. The third kappa shape index (κ3) is 42.2. The van der Waals surface area contributed by atoms with Crippen LogP contribution >= 0.6 is 0 Å². The number of aliphatic hydroxyl groups is 11. The Morgan fingerprint density at radius 2 is 0.620 bits per heavy atom. The SMILES string of the molecule is CCCCCCCCCCCCCCCCCCCCCCCC/C=C/C(O)C(COC1OC(CO)C(OC2OC(CO)C(OC3OC(CO)C(O)C(O)C3O)C(O)C2O)C(O)C1O)NC(=O)CCCCCCCCCCCCCCCCCCCCCCCCCCCCCCCCC. The van der Waals surface area contributed by atoms with E-state index in [0.29, 0.717) is 6.42 Å². The van der Waals surface area contributed by atoms with E-state index < -0.39 is 124 Å². The fourth-order valence-electron chi connectivity index (χ4n) is 14.6. The maximum absolute atomic E-state index is 13.5. The van der Waals surface area contributed by atoms with Crippen molar-refractivity contribution < 1.29 is 89.4 Å². The highest BCUT2D eigenvalue weighted by atomic mass is 16.8. The number of carbonyl (C=O) groups excluding carboxylic acids is 1. The van der Waals surface area contributed by atoms with Gasteiger partial charge in [0.25, 0.3) is 0 Å². The van der Waals surface area contributed by atoms with Crippen LogP contribution in [0.4, 0.5) is 0 Å². The Balaban J connectivity index is 1.35. The summed E-state index contributed by atoms with van der Waals surface area (Å²) >= 11 is 0. The van der Waals surface area contributed by atoms with Gasteiger partial charge in [0.2, 0.25) is 5.91 Å². The minimum absolute atomic E-state index is 0.250. The number of amides is 1. The molecule has 12 N–H and O–H groups in total. The van der Waals surface area contributed by atoms with E-state index in [1.807, 2.05) is 6.08 Å². The summed E-state index contributed by atoms with van der Waals surface area (Å²) in [6.07, 6.45) is 47.8. The molecule has 100 heavy (non-hydrogen) atoms. The summed E-state index contributed by atoms with van der Waals surface area (Å²) < 4.78 is 34.5. The average molecular weight is 1430 g/mol. The average Bonchev–Trinajstić information content (AvgIpc) is 0.783. The van der Waals surface area contributed by atoms with Crippen LogP contribution in [0.15, 0.2) is 12.2 Å². The maximum Gasteiger partial charge on any atom is 0.220 e. The molecule has 3 aliphatic rings. The van der Waals surface area contributed by atoms with Crippen molar-refractivity contribution in [3.63, 3.8) is 0 Å². The lowest BCUT2D eigenvalue weighted by atomic mass is 9.96. The summed E-state index contributed by atoms with van der Waals surface area (Å²) in [4.78, 5) is 13.5. The number of hydrogen-bond donors (Lipinski definition) is 12. The standard InChI is InChI=1S/C81H155NO18/c1-3-5-7-9-11-13-15-17-19-21-23-25-27-29-30-31-32-33-34-35-37-39-41-43-45-47-49-51-53-55-57-59-69(87)82-64(65(86)58-56-54-52-50-48-46-44-42-40-38-36-28-26-24-22-20-18-16-14-12-10-8-6-4-2)63-95-79-75(93)72(90)77(67(61-84)97-79)100-81-76(94)73(91)78(68(62-85)98-81)99-80-74(92)71(89)70(88)66(60-83)96-80/h56,58,64-68,70-81,83-86,88-94H,3-55,57,59-63H2,1-2H3,(H,82,87)/b58-56+. The predicted octanol–water partition coefficient (Wildman–Crippen LogP) is 14.3. The van der Waals surface area contributed by atoms with Crippen molar-refractivity contribution in [2.45, 2.75) is 471 Å². The van der Waals surface area contributed by atoms with Gasteiger partial charge in [-0.05, 0) is 19.3 Å². The lowest BCUT2D eigenvalue weighted by molar-refractivity contribution is -0.379. The molecule has 0 aliphatic carbocycles. The van der Waals surface area contributed by atoms with Gasteiger partial charge in [0.05, 0.1) is 38.6 Å². The molecule has 0 aromatic carbocycles. The van der Waals surface area contributed by atoms with E-state index in [-0.39, 0.29) is 18.9 Å². The van der Waals surface area contributed by atoms with Gasteiger partial charge in [0.1, 0.15) is 73.2 Å². The van der Waals surface area contributed by atoms with Crippen molar-refractivity contribution in [1.82, 2.24) is 5.32 Å². The number of aliphatic hydroxyl groups excluding tert-OH is 11. The summed E-state index contributed by atoms with van der Waals surface area (Å²) in [6, 6.07) is -0.970. The van der Waals surface area contributed by atoms with Crippen molar-refractivity contribution >= 4 is 5.91 Å². The van der Waals surface area contributed by atoms with E-state index in [9.17, 15) is 61.0 Å². The smallest absolute Gasteiger partial charge is 0.220 e. The Kier molecular flexibility index (Phi) is 58.0. The number of nitrogens with one attached hydrogen (secondary N) is 1. The van der Waals surface area contributed by atoms with Gasteiger partial charge >= 0.3 is 0 Å². The maximum atomic E-state index is 13.5. The number of hydrogen-bond acceptors (Lipinski definition) is 18.